The fourth-order valence-corrected chi connectivity index (χ4v) is 3.69. The van der Waals surface area contributed by atoms with Crippen LogP contribution in [0.3, 0.4) is 0 Å². The molecule has 1 atom stereocenters. The minimum Gasteiger partial charge on any atom is -0.325 e. The van der Waals surface area contributed by atoms with Gasteiger partial charge in [0, 0.05) is 11.1 Å². The Bertz CT molecular complexity index is 1240. The molecule has 1 N–H and O–H groups in total. The summed E-state index contributed by atoms with van der Waals surface area (Å²) in [5.41, 5.74) is 2.61. The van der Waals surface area contributed by atoms with Crippen molar-refractivity contribution in [2.75, 3.05) is 5.32 Å². The van der Waals surface area contributed by atoms with E-state index in [2.05, 4.69) is 26.5 Å². The van der Waals surface area contributed by atoms with Crippen molar-refractivity contribution in [3.05, 3.63) is 59.9 Å². The monoisotopic (exact) mass is 388 g/mol. The van der Waals surface area contributed by atoms with E-state index in [0.717, 1.165) is 16.6 Å². The second kappa shape index (κ2) is 7.29. The quantitative estimate of drug-likeness (QED) is 0.424. The Morgan fingerprint density at radius 3 is 2.86 bits per heavy atom. The first-order valence-electron chi connectivity index (χ1n) is 8.65. The van der Waals surface area contributed by atoms with E-state index in [4.69, 9.17) is 5.26 Å². The first-order valence-corrected chi connectivity index (χ1v) is 9.53. The van der Waals surface area contributed by atoms with Crippen LogP contribution in [0.5, 0.6) is 0 Å². The molecule has 4 rings (SSSR count). The van der Waals surface area contributed by atoms with Crippen molar-refractivity contribution >= 4 is 39.9 Å². The predicted molar refractivity (Wildman–Crippen MR) is 108 cm³/mol. The topological polar surface area (TPSA) is 96.0 Å². The summed E-state index contributed by atoms with van der Waals surface area (Å²) in [6, 6.07) is 16.6. The molecule has 0 aliphatic heterocycles. The van der Waals surface area contributed by atoms with Gasteiger partial charge < -0.3 is 5.32 Å². The third-order valence-electron chi connectivity index (χ3n) is 4.17. The molecule has 2 heterocycles. The van der Waals surface area contributed by atoms with Gasteiger partial charge in [0.2, 0.25) is 5.91 Å². The van der Waals surface area contributed by atoms with Crippen LogP contribution in [0.4, 0.5) is 5.69 Å². The number of fused-ring (bicyclic) bond motifs is 3. The molecule has 0 radical (unpaired) electrons. The number of rotatable bonds is 4. The molecule has 1 unspecified atom stereocenters. The number of aryl methyl sites for hydroxylation is 1. The molecule has 28 heavy (non-hydrogen) atoms. The molecule has 0 spiro atoms. The van der Waals surface area contributed by atoms with Crippen LogP contribution in [0.1, 0.15) is 18.3 Å². The van der Waals surface area contributed by atoms with E-state index < -0.39 is 5.25 Å². The van der Waals surface area contributed by atoms with Gasteiger partial charge in [-0.25, -0.2) is 9.97 Å². The van der Waals surface area contributed by atoms with Crippen molar-refractivity contribution in [3.8, 4) is 6.07 Å². The van der Waals surface area contributed by atoms with Crippen LogP contribution in [0, 0.1) is 18.3 Å². The number of nitriles is 1. The van der Waals surface area contributed by atoms with Gasteiger partial charge in [-0.15, -0.1) is 5.10 Å². The van der Waals surface area contributed by atoms with E-state index in [0.29, 0.717) is 22.2 Å². The second-order valence-corrected chi connectivity index (χ2v) is 7.56. The van der Waals surface area contributed by atoms with E-state index in [1.165, 1.54) is 11.8 Å². The summed E-state index contributed by atoms with van der Waals surface area (Å²) in [6.45, 7) is 3.63. The van der Waals surface area contributed by atoms with Gasteiger partial charge >= 0.3 is 0 Å². The lowest BCUT2D eigenvalue weighted by Crippen LogP contribution is -2.23. The summed E-state index contributed by atoms with van der Waals surface area (Å²) in [5.74, 6) is 0.463. The molecule has 1 amide bonds. The average Bonchev–Trinajstić information content (AvgIpc) is 3.10. The van der Waals surface area contributed by atoms with Crippen LogP contribution < -0.4 is 5.32 Å². The molecule has 8 heteroatoms. The maximum Gasteiger partial charge on any atom is 0.237 e. The van der Waals surface area contributed by atoms with Gasteiger partial charge in [-0.1, -0.05) is 30.0 Å². The fraction of sp³-hybridized carbons (Fsp3) is 0.150. The fourth-order valence-electron chi connectivity index (χ4n) is 2.83. The molecule has 0 aliphatic carbocycles. The Kier molecular flexibility index (Phi) is 4.67. The molecule has 4 aromatic rings. The van der Waals surface area contributed by atoms with Crippen LogP contribution in [-0.4, -0.2) is 30.7 Å². The first kappa shape index (κ1) is 17.9. The number of hydrogen-bond donors (Lipinski definition) is 1. The normalized spacial score (nSPS) is 12.0. The van der Waals surface area contributed by atoms with Crippen molar-refractivity contribution < 1.29 is 4.79 Å². The van der Waals surface area contributed by atoms with E-state index >= 15 is 0 Å². The third kappa shape index (κ3) is 3.40. The lowest BCUT2D eigenvalue weighted by Gasteiger charge is -2.13. The van der Waals surface area contributed by atoms with E-state index in [1.807, 2.05) is 31.2 Å². The van der Waals surface area contributed by atoms with Crippen LogP contribution >= 0.6 is 11.8 Å². The number of anilines is 1. The highest BCUT2D eigenvalue weighted by atomic mass is 32.2. The van der Waals surface area contributed by atoms with E-state index in [-0.39, 0.29) is 5.91 Å². The van der Waals surface area contributed by atoms with Crippen molar-refractivity contribution in [2.45, 2.75) is 24.3 Å². The lowest BCUT2D eigenvalue weighted by molar-refractivity contribution is -0.115. The number of nitrogens with one attached hydrogen (secondary N) is 1. The second-order valence-electron chi connectivity index (χ2n) is 6.25. The Morgan fingerprint density at radius 2 is 2.04 bits per heavy atom. The molecule has 138 valence electrons. The Balaban J connectivity index is 1.63. The lowest BCUT2D eigenvalue weighted by atomic mass is 10.2. The number of carbonyl (C=O) groups excluding carboxylic acids is 1. The number of carbonyl (C=O) groups is 1. The molecule has 2 aromatic carbocycles. The molecule has 0 saturated heterocycles. The standard InChI is InChI=1S/C20H16N6OS/c1-12(19(27)23-15-7-5-6-14(10-15)11-21)28-20-24-17-9-4-3-8-16(17)18-22-13(2)25-26(18)20/h3-10,12H,1-2H3,(H,23,27). The van der Waals surface area contributed by atoms with Gasteiger partial charge in [-0.2, -0.15) is 9.78 Å². The van der Waals surface area contributed by atoms with Gasteiger partial charge in [0.1, 0.15) is 5.82 Å². The highest BCUT2D eigenvalue weighted by Gasteiger charge is 2.20. The van der Waals surface area contributed by atoms with Gasteiger partial charge in [0.15, 0.2) is 10.8 Å². The molecular weight excluding hydrogens is 372 g/mol. The highest BCUT2D eigenvalue weighted by Crippen LogP contribution is 2.27. The maximum absolute atomic E-state index is 12.6. The average molecular weight is 388 g/mol. The molecule has 2 aromatic heterocycles. The summed E-state index contributed by atoms with van der Waals surface area (Å²) in [7, 11) is 0. The molecule has 0 aliphatic rings. The molecule has 7 nitrogen and oxygen atoms in total. The SMILES string of the molecule is Cc1nc2c3ccccc3nc(SC(C)C(=O)Nc3cccc(C#N)c3)n2n1. The van der Waals surface area contributed by atoms with Crippen LogP contribution in [0.2, 0.25) is 0 Å². The largest absolute Gasteiger partial charge is 0.325 e. The van der Waals surface area contributed by atoms with E-state index in [1.54, 1.807) is 35.7 Å². The first-order chi connectivity index (χ1) is 13.5. The zero-order valence-corrected chi connectivity index (χ0v) is 16.1. The highest BCUT2D eigenvalue weighted by molar-refractivity contribution is 8.00. The number of benzene rings is 2. The molecule has 0 saturated carbocycles. The summed E-state index contributed by atoms with van der Waals surface area (Å²) in [4.78, 5) is 21.8. The smallest absolute Gasteiger partial charge is 0.237 e. The molecule has 0 bridgehead atoms. The Hall–Kier alpha value is -3.44. The Morgan fingerprint density at radius 1 is 1.21 bits per heavy atom. The third-order valence-corrected chi connectivity index (χ3v) is 5.21. The van der Waals surface area contributed by atoms with Crippen molar-refractivity contribution in [1.29, 1.82) is 5.26 Å². The van der Waals surface area contributed by atoms with Crippen LogP contribution in [0.25, 0.3) is 16.6 Å². The number of nitrogens with zero attached hydrogens (tertiary/aromatic N) is 5. The maximum atomic E-state index is 12.6. The summed E-state index contributed by atoms with van der Waals surface area (Å²) in [5, 5.41) is 17.4. The zero-order valence-electron chi connectivity index (χ0n) is 15.2. The van der Waals surface area contributed by atoms with Crippen molar-refractivity contribution in [1.82, 2.24) is 19.6 Å². The summed E-state index contributed by atoms with van der Waals surface area (Å²) >= 11 is 1.31. The Labute approximate surface area is 165 Å². The van der Waals surface area contributed by atoms with Gasteiger partial charge in [0.05, 0.1) is 22.4 Å². The van der Waals surface area contributed by atoms with Crippen molar-refractivity contribution in [2.24, 2.45) is 0 Å². The summed E-state index contributed by atoms with van der Waals surface area (Å²) in [6.07, 6.45) is 0. The molecular formula is C20H16N6OS. The predicted octanol–water partition coefficient (Wildman–Crippen LogP) is 3.58. The van der Waals surface area contributed by atoms with Gasteiger partial charge in [-0.05, 0) is 44.2 Å². The number of aromatic nitrogens is 4. The van der Waals surface area contributed by atoms with Crippen LogP contribution in [-0.2, 0) is 4.79 Å². The number of hydrogen-bond acceptors (Lipinski definition) is 6. The zero-order chi connectivity index (χ0) is 19.7. The number of para-hydroxylation sites is 1. The van der Waals surface area contributed by atoms with E-state index in [9.17, 15) is 4.79 Å². The van der Waals surface area contributed by atoms with Crippen molar-refractivity contribution in [3.63, 3.8) is 0 Å². The minimum atomic E-state index is -0.424. The number of thioether (sulfide) groups is 1. The minimum absolute atomic E-state index is 0.181. The molecule has 0 fully saturated rings. The summed E-state index contributed by atoms with van der Waals surface area (Å²) < 4.78 is 1.68. The van der Waals surface area contributed by atoms with Gasteiger partial charge in [0.25, 0.3) is 0 Å². The number of amides is 1. The van der Waals surface area contributed by atoms with Gasteiger partial charge in [-0.3, -0.25) is 4.79 Å². The van der Waals surface area contributed by atoms with Crippen LogP contribution in [0.15, 0.2) is 53.7 Å².